The summed E-state index contributed by atoms with van der Waals surface area (Å²) < 4.78 is 62.5. The van der Waals surface area contributed by atoms with Crippen LogP contribution in [0.3, 0.4) is 0 Å². The average Bonchev–Trinajstić information content (AvgIpc) is 3.17. The zero-order valence-electron chi connectivity index (χ0n) is 30.4. The molecule has 0 aliphatic carbocycles. The van der Waals surface area contributed by atoms with Gasteiger partial charge in [-0.1, -0.05) is 59.6 Å². The second-order valence-electron chi connectivity index (χ2n) is 13.8. The van der Waals surface area contributed by atoms with E-state index in [4.69, 9.17) is 37.7 Å². The van der Waals surface area contributed by atoms with E-state index in [1.165, 1.54) is 0 Å². The van der Waals surface area contributed by atoms with Crippen molar-refractivity contribution in [2.24, 2.45) is 0 Å². The number of alkyl halides is 4. The molecule has 54 heavy (non-hydrogen) atoms. The Morgan fingerprint density at radius 2 is 1.30 bits per heavy atom. The number of likely N-dealkylation sites (tertiary alicyclic amines) is 2. The smallest absolute Gasteiger partial charge is 0.251 e. The molecule has 0 amide bonds. The first-order valence-corrected chi connectivity index (χ1v) is 19.0. The van der Waals surface area contributed by atoms with E-state index in [0.29, 0.717) is 83.5 Å². The van der Waals surface area contributed by atoms with Crippen molar-refractivity contribution < 1.29 is 27.0 Å². The van der Waals surface area contributed by atoms with Crippen molar-refractivity contribution in [3.63, 3.8) is 0 Å². The molecule has 4 heterocycles. The molecule has 2 aromatic heterocycles. The van der Waals surface area contributed by atoms with E-state index < -0.39 is 12.9 Å². The Labute approximate surface area is 324 Å². The van der Waals surface area contributed by atoms with Gasteiger partial charge in [-0.05, 0) is 70.1 Å². The van der Waals surface area contributed by atoms with Crippen LogP contribution in [0.5, 0.6) is 11.6 Å². The lowest BCUT2D eigenvalue weighted by Crippen LogP contribution is -2.43. The van der Waals surface area contributed by atoms with E-state index in [-0.39, 0.29) is 25.2 Å². The number of methoxy groups -OCH3 is 2. The summed E-state index contributed by atoms with van der Waals surface area (Å²) in [5.74, 6) is 1.16. The van der Waals surface area contributed by atoms with Crippen molar-refractivity contribution in [1.82, 2.24) is 30.4 Å². The van der Waals surface area contributed by atoms with E-state index in [9.17, 15) is 17.6 Å². The molecule has 0 spiro atoms. The van der Waals surface area contributed by atoms with Crippen LogP contribution in [0.15, 0.2) is 60.8 Å². The predicted octanol–water partition coefficient (Wildman–Crippen LogP) is 8.44. The van der Waals surface area contributed by atoms with Gasteiger partial charge in [0.25, 0.3) is 12.9 Å². The summed E-state index contributed by atoms with van der Waals surface area (Å²) in [6.07, 6.45) is 0.301. The maximum absolute atomic E-state index is 12.8. The Morgan fingerprint density at radius 1 is 0.722 bits per heavy atom. The summed E-state index contributed by atoms with van der Waals surface area (Å²) in [6, 6.07) is 17.8. The number of pyridine rings is 2. The molecule has 2 saturated heterocycles. The van der Waals surface area contributed by atoms with Gasteiger partial charge in [-0.15, -0.1) is 0 Å². The molecule has 2 aliphatic heterocycles. The Kier molecular flexibility index (Phi) is 14.0. The van der Waals surface area contributed by atoms with Crippen molar-refractivity contribution in [3.05, 3.63) is 82.0 Å². The van der Waals surface area contributed by atoms with Gasteiger partial charge in [-0.2, -0.15) is 0 Å². The van der Waals surface area contributed by atoms with Gasteiger partial charge in [0.05, 0.1) is 48.7 Å². The number of rotatable bonds is 15. The molecule has 2 aliphatic rings. The van der Waals surface area contributed by atoms with E-state index in [1.807, 2.05) is 64.4 Å². The highest BCUT2D eigenvalue weighted by Crippen LogP contribution is 2.42. The Balaban J connectivity index is 1.15. The van der Waals surface area contributed by atoms with Crippen LogP contribution in [0.1, 0.15) is 36.8 Å². The van der Waals surface area contributed by atoms with Gasteiger partial charge in [0, 0.05) is 64.8 Å². The molecular formula is C40H46Cl2F4N6O2. The fraction of sp³-hybridized carbons (Fsp3) is 0.450. The molecule has 6 rings (SSSR count). The second kappa shape index (κ2) is 18.9. The zero-order valence-corrected chi connectivity index (χ0v) is 32.0. The first kappa shape index (κ1) is 40.2. The number of hydrogen-bond acceptors (Lipinski definition) is 8. The van der Waals surface area contributed by atoms with Gasteiger partial charge in [-0.25, -0.2) is 22.5 Å². The van der Waals surface area contributed by atoms with Crippen LogP contribution in [0.2, 0.25) is 10.0 Å². The predicted molar refractivity (Wildman–Crippen MR) is 206 cm³/mol. The highest BCUT2D eigenvalue weighted by Gasteiger charge is 2.24. The number of hydrogen-bond donors (Lipinski definition) is 2. The van der Waals surface area contributed by atoms with E-state index in [1.54, 1.807) is 20.4 Å². The number of nitrogens with zero attached hydrogens (tertiary/aromatic N) is 4. The quantitative estimate of drug-likeness (QED) is 0.116. The molecule has 0 radical (unpaired) electrons. The second-order valence-corrected chi connectivity index (χ2v) is 14.5. The van der Waals surface area contributed by atoms with Crippen LogP contribution < -0.4 is 20.1 Å². The number of aromatic nitrogens is 2. The minimum Gasteiger partial charge on any atom is -0.496 e. The first-order chi connectivity index (χ1) is 26.1. The Morgan fingerprint density at radius 3 is 1.89 bits per heavy atom. The maximum Gasteiger partial charge on any atom is 0.251 e. The Hall–Kier alpha value is -3.52. The lowest BCUT2D eigenvalue weighted by atomic mass is 9.99. The number of benzene rings is 2. The lowest BCUT2D eigenvalue weighted by molar-refractivity contribution is 0.0727. The van der Waals surface area contributed by atoms with Gasteiger partial charge in [0.2, 0.25) is 5.88 Å². The van der Waals surface area contributed by atoms with Crippen LogP contribution in [0.25, 0.3) is 33.6 Å². The average molecular weight is 790 g/mol. The normalized spacial score (nSPS) is 16.4. The van der Waals surface area contributed by atoms with Gasteiger partial charge in [-0.3, -0.25) is 14.8 Å². The minimum absolute atomic E-state index is 0.172. The zero-order chi connectivity index (χ0) is 38.2. The summed E-state index contributed by atoms with van der Waals surface area (Å²) in [6.45, 7) is 3.35. The highest BCUT2D eigenvalue weighted by molar-refractivity contribution is 6.39. The molecule has 14 heteroatoms. The van der Waals surface area contributed by atoms with Crippen LogP contribution >= 0.6 is 23.2 Å². The summed E-state index contributed by atoms with van der Waals surface area (Å²) in [4.78, 5) is 13.1. The number of halogens is 6. The molecule has 2 N–H and O–H groups in total. The fourth-order valence-electron chi connectivity index (χ4n) is 7.30. The standard InChI is InChI=1S/C40H46Cl2F4N6O2/c1-53-34-20-25(6-7-26(34)21-48-28-11-16-51(17-12-28)23-35(43)44)39-38(42)31(10-15-47-39)30-4-3-5-32(37(30)41)33-9-8-27(40(50-33)54-2)22-49-29-13-18-52(19-14-29)24-36(45)46/h3-10,15,20,28-29,35-36,48-49H,11-14,16-19,21-24H2,1-2H3. The van der Waals surface area contributed by atoms with Crippen molar-refractivity contribution in [1.29, 1.82) is 0 Å². The molecule has 4 aromatic rings. The third kappa shape index (κ3) is 10.0. The van der Waals surface area contributed by atoms with Crippen LogP contribution in [0, 0.1) is 0 Å². The van der Waals surface area contributed by atoms with Gasteiger partial charge in [0.15, 0.2) is 0 Å². The molecule has 0 bridgehead atoms. The number of ether oxygens (including phenoxy) is 2. The summed E-state index contributed by atoms with van der Waals surface area (Å²) in [5, 5.41) is 8.01. The fourth-order valence-corrected chi connectivity index (χ4v) is 7.94. The largest absolute Gasteiger partial charge is 0.496 e. The number of piperidine rings is 2. The monoisotopic (exact) mass is 788 g/mol. The summed E-state index contributed by atoms with van der Waals surface area (Å²) in [5.41, 5.74) is 6.00. The molecular weight excluding hydrogens is 743 g/mol. The molecule has 8 nitrogen and oxygen atoms in total. The van der Waals surface area contributed by atoms with Crippen LogP contribution in [-0.2, 0) is 13.1 Å². The van der Waals surface area contributed by atoms with Crippen molar-refractivity contribution in [2.75, 3.05) is 53.5 Å². The van der Waals surface area contributed by atoms with Gasteiger partial charge < -0.3 is 20.1 Å². The molecule has 0 atom stereocenters. The maximum atomic E-state index is 12.8. The van der Waals surface area contributed by atoms with Crippen LogP contribution in [0.4, 0.5) is 17.6 Å². The third-order valence-electron chi connectivity index (χ3n) is 10.3. The van der Waals surface area contributed by atoms with Crippen molar-refractivity contribution in [3.8, 4) is 45.3 Å². The SMILES string of the molecule is COc1cc(-c2nccc(-c3cccc(-c4ccc(CNC5CCN(CC(F)F)CC5)c(OC)n4)c3Cl)c2Cl)ccc1CNC1CCN(CC(F)F)CC1. The minimum atomic E-state index is -2.31. The molecule has 2 aromatic carbocycles. The highest BCUT2D eigenvalue weighted by atomic mass is 35.5. The van der Waals surface area contributed by atoms with Gasteiger partial charge in [0.1, 0.15) is 5.75 Å². The third-order valence-corrected chi connectivity index (χ3v) is 11.1. The van der Waals surface area contributed by atoms with Crippen molar-refractivity contribution >= 4 is 23.2 Å². The summed E-state index contributed by atoms with van der Waals surface area (Å²) >= 11 is 14.2. The first-order valence-electron chi connectivity index (χ1n) is 18.3. The topological polar surface area (TPSA) is 74.8 Å². The lowest BCUT2D eigenvalue weighted by Gasteiger charge is -2.32. The van der Waals surface area contributed by atoms with Crippen molar-refractivity contribution in [2.45, 2.75) is 63.7 Å². The molecule has 2 fully saturated rings. The molecule has 0 saturated carbocycles. The molecule has 0 unspecified atom stereocenters. The molecule has 290 valence electrons. The summed E-state index contributed by atoms with van der Waals surface area (Å²) in [7, 11) is 3.21. The Bertz CT molecular complexity index is 1720. The van der Waals surface area contributed by atoms with E-state index in [0.717, 1.165) is 47.9 Å². The van der Waals surface area contributed by atoms with Crippen LogP contribution in [-0.4, -0.2) is 98.2 Å². The van der Waals surface area contributed by atoms with Gasteiger partial charge >= 0.3 is 0 Å². The number of nitrogens with one attached hydrogen (secondary N) is 2. The van der Waals surface area contributed by atoms with E-state index in [2.05, 4.69) is 15.6 Å². The van der Waals surface area contributed by atoms with E-state index >= 15 is 0 Å².